The van der Waals surface area contributed by atoms with Crippen molar-refractivity contribution in [1.29, 1.82) is 0 Å². The van der Waals surface area contributed by atoms with Crippen LogP contribution in [0, 0.1) is 0 Å². The molecule has 8 nitrogen and oxygen atoms in total. The van der Waals surface area contributed by atoms with Crippen LogP contribution >= 0.6 is 0 Å². The van der Waals surface area contributed by atoms with Gasteiger partial charge in [-0.1, -0.05) is 32.0 Å². The van der Waals surface area contributed by atoms with Crippen molar-refractivity contribution in [2.24, 2.45) is 0 Å². The lowest BCUT2D eigenvalue weighted by Gasteiger charge is -2.18. The first-order valence-corrected chi connectivity index (χ1v) is 9.53. The molecule has 3 amide bonds. The Kier molecular flexibility index (Phi) is 8.29. The highest BCUT2D eigenvalue weighted by Gasteiger charge is 2.19. The van der Waals surface area contributed by atoms with Crippen LogP contribution in [0.15, 0.2) is 42.5 Å². The molecule has 2 rings (SSSR count). The molecule has 0 saturated carbocycles. The van der Waals surface area contributed by atoms with Gasteiger partial charge in [-0.25, -0.2) is 4.79 Å². The molecule has 0 spiro atoms. The summed E-state index contributed by atoms with van der Waals surface area (Å²) in [6.07, 6.45) is 0. The van der Waals surface area contributed by atoms with Gasteiger partial charge >= 0.3 is 6.03 Å². The number of amides is 3. The van der Waals surface area contributed by atoms with Gasteiger partial charge in [0.25, 0.3) is 5.91 Å². The number of ether oxygens (including phenoxy) is 1. The lowest BCUT2D eigenvalue weighted by atomic mass is 10.1. The van der Waals surface area contributed by atoms with Crippen LogP contribution in [-0.4, -0.2) is 55.2 Å². The predicted molar refractivity (Wildman–Crippen MR) is 114 cm³/mol. The fourth-order valence-corrected chi connectivity index (χ4v) is 2.83. The summed E-state index contributed by atoms with van der Waals surface area (Å²) in [6, 6.07) is 11.3. The molecule has 0 radical (unpaired) electrons. The van der Waals surface area contributed by atoms with E-state index in [1.54, 1.807) is 24.3 Å². The van der Waals surface area contributed by atoms with Gasteiger partial charge in [0.1, 0.15) is 17.1 Å². The van der Waals surface area contributed by atoms with Crippen LogP contribution in [0.25, 0.3) is 0 Å². The summed E-state index contributed by atoms with van der Waals surface area (Å²) in [5, 5.41) is 18.4. The number of hydrogen-bond acceptors (Lipinski definition) is 5. The number of nitrogens with one attached hydrogen (secondary N) is 3. The third-order valence-electron chi connectivity index (χ3n) is 4.43. The molecule has 0 unspecified atom stereocenters. The summed E-state index contributed by atoms with van der Waals surface area (Å²) < 4.78 is 5.25. The van der Waals surface area contributed by atoms with Crippen LogP contribution in [-0.2, 0) is 0 Å². The number of aromatic hydroxyl groups is 1. The molecule has 4 N–H and O–H groups in total. The lowest BCUT2D eigenvalue weighted by molar-refractivity contribution is 0.0943. The normalized spacial score (nSPS) is 10.5. The van der Waals surface area contributed by atoms with Crippen molar-refractivity contribution in [3.05, 3.63) is 48.0 Å². The number of benzene rings is 2. The number of phenols is 1. The average molecular weight is 400 g/mol. The van der Waals surface area contributed by atoms with E-state index in [2.05, 4.69) is 34.7 Å². The zero-order valence-electron chi connectivity index (χ0n) is 17.0. The van der Waals surface area contributed by atoms with Gasteiger partial charge in [-0.05, 0) is 25.2 Å². The maximum atomic E-state index is 12.5. The minimum absolute atomic E-state index is 0.0288. The summed E-state index contributed by atoms with van der Waals surface area (Å²) in [4.78, 5) is 26.8. The highest BCUT2D eigenvalue weighted by Crippen LogP contribution is 2.32. The van der Waals surface area contributed by atoms with Gasteiger partial charge in [-0.2, -0.15) is 0 Å². The highest BCUT2D eigenvalue weighted by molar-refractivity contribution is 6.03. The van der Waals surface area contributed by atoms with E-state index in [1.165, 1.54) is 19.2 Å². The molecular formula is C21H28N4O4. The number of carbonyl (C=O) groups is 2. The topological polar surface area (TPSA) is 103 Å². The molecule has 8 heteroatoms. The highest BCUT2D eigenvalue weighted by atomic mass is 16.5. The van der Waals surface area contributed by atoms with Gasteiger partial charge in [0.2, 0.25) is 0 Å². The molecule has 29 heavy (non-hydrogen) atoms. The van der Waals surface area contributed by atoms with Crippen LogP contribution in [0.5, 0.6) is 11.5 Å². The summed E-state index contributed by atoms with van der Waals surface area (Å²) in [5.41, 5.74) is 0.957. The fraction of sp³-hybridized carbons (Fsp3) is 0.333. The Morgan fingerprint density at radius 1 is 1.03 bits per heavy atom. The number of phenolic OH excluding ortho intramolecular Hbond substituents is 1. The summed E-state index contributed by atoms with van der Waals surface area (Å²) in [7, 11) is 1.40. The van der Waals surface area contributed by atoms with Crippen molar-refractivity contribution in [2.75, 3.05) is 43.9 Å². The lowest BCUT2D eigenvalue weighted by Crippen LogP contribution is -2.35. The van der Waals surface area contributed by atoms with Crippen LogP contribution in [0.3, 0.4) is 0 Å². The van der Waals surface area contributed by atoms with Crippen LogP contribution in [0.1, 0.15) is 24.2 Å². The van der Waals surface area contributed by atoms with Crippen LogP contribution < -0.4 is 20.7 Å². The molecule has 0 heterocycles. The number of carbonyl (C=O) groups excluding carboxylic acids is 2. The maximum absolute atomic E-state index is 12.5. The van der Waals surface area contributed by atoms with Crippen LogP contribution in [0.2, 0.25) is 0 Å². The third kappa shape index (κ3) is 6.39. The van der Waals surface area contributed by atoms with Gasteiger partial charge in [-0.15, -0.1) is 0 Å². The Bertz CT molecular complexity index is 823. The summed E-state index contributed by atoms with van der Waals surface area (Å²) in [5.74, 6) is -0.549. The van der Waals surface area contributed by atoms with E-state index in [1.807, 2.05) is 6.07 Å². The van der Waals surface area contributed by atoms with Gasteiger partial charge in [0.05, 0.1) is 7.11 Å². The first-order chi connectivity index (χ1) is 14.0. The molecule has 0 atom stereocenters. The number of para-hydroxylation sites is 1. The van der Waals surface area contributed by atoms with E-state index >= 15 is 0 Å². The van der Waals surface area contributed by atoms with E-state index in [9.17, 15) is 14.7 Å². The first-order valence-electron chi connectivity index (χ1n) is 9.53. The monoisotopic (exact) mass is 400 g/mol. The number of anilines is 2. The molecule has 2 aromatic rings. The Morgan fingerprint density at radius 2 is 1.69 bits per heavy atom. The molecule has 0 fully saturated rings. The predicted octanol–water partition coefficient (Wildman–Crippen LogP) is 3.12. The molecule has 0 bridgehead atoms. The molecule has 0 aromatic heterocycles. The van der Waals surface area contributed by atoms with Crippen molar-refractivity contribution >= 4 is 23.3 Å². The largest absolute Gasteiger partial charge is 0.507 e. The Balaban J connectivity index is 2.06. The molecular weight excluding hydrogens is 372 g/mol. The van der Waals surface area contributed by atoms with Crippen molar-refractivity contribution in [3.8, 4) is 11.5 Å². The van der Waals surface area contributed by atoms with Crippen LogP contribution in [0.4, 0.5) is 16.2 Å². The van der Waals surface area contributed by atoms with Gasteiger partial charge in [-0.3, -0.25) is 4.79 Å². The smallest absolute Gasteiger partial charge is 0.323 e. The van der Waals surface area contributed by atoms with E-state index in [0.717, 1.165) is 13.1 Å². The zero-order chi connectivity index (χ0) is 21.2. The minimum Gasteiger partial charge on any atom is -0.507 e. The Labute approximate surface area is 170 Å². The maximum Gasteiger partial charge on any atom is 0.323 e. The second-order valence-corrected chi connectivity index (χ2v) is 6.30. The number of nitrogens with zero attached hydrogens (tertiary/aromatic N) is 1. The molecule has 156 valence electrons. The van der Waals surface area contributed by atoms with Gasteiger partial charge in [0.15, 0.2) is 0 Å². The van der Waals surface area contributed by atoms with E-state index in [0.29, 0.717) is 24.5 Å². The number of likely N-dealkylation sites (N-methyl/N-ethyl adjacent to an activating group) is 1. The molecule has 0 aliphatic heterocycles. The quantitative estimate of drug-likeness (QED) is 0.518. The Morgan fingerprint density at radius 3 is 2.31 bits per heavy atom. The zero-order valence-corrected chi connectivity index (χ0v) is 17.0. The second-order valence-electron chi connectivity index (χ2n) is 6.30. The van der Waals surface area contributed by atoms with Gasteiger partial charge < -0.3 is 30.7 Å². The van der Waals surface area contributed by atoms with Gasteiger partial charge in [0, 0.05) is 36.6 Å². The summed E-state index contributed by atoms with van der Waals surface area (Å²) in [6.45, 7) is 7.06. The Hall–Kier alpha value is -3.26. The minimum atomic E-state index is -0.478. The van der Waals surface area contributed by atoms with Crippen molar-refractivity contribution < 1.29 is 19.4 Å². The van der Waals surface area contributed by atoms with E-state index < -0.39 is 11.9 Å². The van der Waals surface area contributed by atoms with Crippen molar-refractivity contribution in [3.63, 3.8) is 0 Å². The molecule has 2 aromatic carbocycles. The summed E-state index contributed by atoms with van der Waals surface area (Å²) >= 11 is 0. The van der Waals surface area contributed by atoms with E-state index in [-0.39, 0.29) is 17.1 Å². The number of methoxy groups -OCH3 is 1. The molecule has 0 aliphatic rings. The molecule has 0 saturated heterocycles. The SMILES string of the molecule is CCN(CC)CCNC(=O)c1c(O)cc(NC(=O)Nc2ccccc2)cc1OC. The average Bonchev–Trinajstić information content (AvgIpc) is 2.71. The molecule has 0 aliphatic carbocycles. The fourth-order valence-electron chi connectivity index (χ4n) is 2.83. The van der Waals surface area contributed by atoms with E-state index in [4.69, 9.17) is 4.74 Å². The second kappa shape index (κ2) is 10.9. The van der Waals surface area contributed by atoms with Crippen molar-refractivity contribution in [1.82, 2.24) is 10.2 Å². The number of rotatable bonds is 9. The first kappa shape index (κ1) is 22.0. The number of hydrogen-bond donors (Lipinski definition) is 4. The third-order valence-corrected chi connectivity index (χ3v) is 4.43. The standard InChI is InChI=1S/C21H28N4O4/c1-4-25(5-2)12-11-22-20(27)19-17(26)13-16(14-18(19)29-3)24-21(28)23-15-9-7-6-8-10-15/h6-10,13-14,26H,4-5,11-12H2,1-3H3,(H,22,27)(H2,23,24,28). The van der Waals surface area contributed by atoms with Crippen molar-refractivity contribution in [2.45, 2.75) is 13.8 Å². The number of urea groups is 1.